The van der Waals surface area contributed by atoms with E-state index in [2.05, 4.69) is 14.9 Å². The monoisotopic (exact) mass is 487 g/mol. The third-order valence-electron chi connectivity index (χ3n) is 5.68. The molecule has 0 radical (unpaired) electrons. The largest absolute Gasteiger partial charge is 0.468 e. The van der Waals surface area contributed by atoms with Crippen molar-refractivity contribution < 1.29 is 17.6 Å². The maximum absolute atomic E-state index is 12.9. The van der Waals surface area contributed by atoms with Crippen LogP contribution >= 0.6 is 11.6 Å². The van der Waals surface area contributed by atoms with Crippen molar-refractivity contribution in [2.45, 2.75) is 30.2 Å². The zero-order chi connectivity index (χ0) is 23.3. The summed E-state index contributed by atoms with van der Waals surface area (Å²) >= 11 is 6.07. The summed E-state index contributed by atoms with van der Waals surface area (Å²) < 4.78 is 33.8. The fourth-order valence-electron chi connectivity index (χ4n) is 3.96. The Morgan fingerprint density at radius 3 is 2.55 bits per heavy atom. The number of sulfonamides is 1. The topological polar surface area (TPSA) is 91.7 Å². The van der Waals surface area contributed by atoms with Gasteiger partial charge in [-0.25, -0.2) is 8.42 Å². The van der Waals surface area contributed by atoms with Crippen molar-refractivity contribution in [3.63, 3.8) is 0 Å². The van der Waals surface area contributed by atoms with E-state index in [0.29, 0.717) is 6.54 Å². The van der Waals surface area contributed by atoms with Gasteiger partial charge in [-0.3, -0.25) is 14.4 Å². The molecule has 1 amide bonds. The highest BCUT2D eigenvalue weighted by molar-refractivity contribution is 7.92. The molecule has 0 bridgehead atoms. The van der Waals surface area contributed by atoms with Gasteiger partial charge in [0.05, 0.1) is 27.9 Å². The maximum Gasteiger partial charge on any atom is 0.261 e. The van der Waals surface area contributed by atoms with Crippen LogP contribution < -0.4 is 10.0 Å². The number of benzene rings is 2. The van der Waals surface area contributed by atoms with Gasteiger partial charge < -0.3 is 9.73 Å². The molecule has 1 aromatic heterocycles. The molecule has 9 heteroatoms. The van der Waals surface area contributed by atoms with Crippen molar-refractivity contribution in [1.29, 1.82) is 0 Å². The Hall–Kier alpha value is -2.81. The Labute approximate surface area is 198 Å². The number of carbonyl (C=O) groups is 1. The van der Waals surface area contributed by atoms with E-state index >= 15 is 0 Å². The van der Waals surface area contributed by atoms with Gasteiger partial charge in [0.2, 0.25) is 0 Å². The summed E-state index contributed by atoms with van der Waals surface area (Å²) in [6.07, 6.45) is 5.07. The molecular weight excluding hydrogens is 462 g/mol. The number of furan rings is 1. The van der Waals surface area contributed by atoms with Crippen molar-refractivity contribution in [1.82, 2.24) is 10.2 Å². The number of carbonyl (C=O) groups excluding carboxylic acids is 1. The highest BCUT2D eigenvalue weighted by Crippen LogP contribution is 2.26. The van der Waals surface area contributed by atoms with Gasteiger partial charge in [-0.1, -0.05) is 36.2 Å². The van der Waals surface area contributed by atoms with Gasteiger partial charge >= 0.3 is 0 Å². The summed E-state index contributed by atoms with van der Waals surface area (Å²) in [6, 6.07) is 16.2. The second-order valence-corrected chi connectivity index (χ2v) is 10.0. The zero-order valence-corrected chi connectivity index (χ0v) is 19.6. The standard InChI is InChI=1S/C24H26ClN3O4S/c25-20-10-2-3-11-21(20)27-33(30,31)19-9-6-8-18(16-19)24(29)26-17-22(23-12-7-15-32-23)28-13-4-1-5-14-28/h2-3,6-12,15-16,22,27H,1,4-5,13-14,17H2,(H,26,29)/t22-/m1/s1. The van der Waals surface area contributed by atoms with Gasteiger partial charge in [0.1, 0.15) is 5.76 Å². The first-order valence-corrected chi connectivity index (χ1v) is 12.7. The van der Waals surface area contributed by atoms with Crippen molar-refractivity contribution in [2.75, 3.05) is 24.4 Å². The Kier molecular flexibility index (Phi) is 7.37. The number of nitrogens with zero attached hydrogens (tertiary/aromatic N) is 1. The SMILES string of the molecule is O=C(NC[C@H](c1ccco1)N1CCCCC1)c1cccc(S(=O)(=O)Nc2ccccc2Cl)c1. The van der Waals surface area contributed by atoms with Crippen LogP contribution in [0.25, 0.3) is 0 Å². The Bertz CT molecular complexity index is 1190. The molecule has 2 heterocycles. The highest BCUT2D eigenvalue weighted by Gasteiger charge is 2.25. The summed E-state index contributed by atoms with van der Waals surface area (Å²) in [4.78, 5) is 15.2. The molecule has 1 fully saturated rings. The van der Waals surface area contributed by atoms with E-state index in [1.807, 2.05) is 12.1 Å². The lowest BCUT2D eigenvalue weighted by Crippen LogP contribution is -2.40. The number of hydrogen-bond donors (Lipinski definition) is 2. The molecule has 1 saturated heterocycles. The van der Waals surface area contributed by atoms with Crippen molar-refractivity contribution in [3.8, 4) is 0 Å². The second kappa shape index (κ2) is 10.4. The molecule has 174 valence electrons. The summed E-state index contributed by atoms with van der Waals surface area (Å²) in [5, 5.41) is 3.23. The first kappa shape index (κ1) is 23.4. The molecule has 1 atom stereocenters. The van der Waals surface area contributed by atoms with Crippen LogP contribution in [0.1, 0.15) is 41.4 Å². The quantitative estimate of drug-likeness (QED) is 0.481. The molecule has 1 aliphatic rings. The van der Waals surface area contributed by atoms with E-state index in [1.165, 1.54) is 18.6 Å². The number of likely N-dealkylation sites (tertiary alicyclic amines) is 1. The fourth-order valence-corrected chi connectivity index (χ4v) is 5.33. The number of nitrogens with one attached hydrogen (secondary N) is 2. The molecule has 1 aliphatic heterocycles. The van der Waals surface area contributed by atoms with Gasteiger partial charge in [0.15, 0.2) is 0 Å². The minimum absolute atomic E-state index is 0.0197. The van der Waals surface area contributed by atoms with Crippen molar-refractivity contribution in [3.05, 3.63) is 83.3 Å². The third-order valence-corrected chi connectivity index (χ3v) is 7.38. The average molecular weight is 488 g/mol. The van der Waals surface area contributed by atoms with Gasteiger partial charge in [0.25, 0.3) is 15.9 Å². The number of anilines is 1. The first-order chi connectivity index (χ1) is 15.9. The van der Waals surface area contributed by atoms with E-state index in [1.54, 1.807) is 42.7 Å². The van der Waals surface area contributed by atoms with E-state index in [4.69, 9.17) is 16.0 Å². The van der Waals surface area contributed by atoms with Crippen LogP contribution in [0.5, 0.6) is 0 Å². The highest BCUT2D eigenvalue weighted by atomic mass is 35.5. The Morgan fingerprint density at radius 1 is 1.03 bits per heavy atom. The minimum atomic E-state index is -3.91. The van der Waals surface area contributed by atoms with Crippen molar-refractivity contribution in [2.24, 2.45) is 0 Å². The van der Waals surface area contributed by atoms with Gasteiger partial charge in [-0.2, -0.15) is 0 Å². The molecule has 0 saturated carbocycles. The van der Waals surface area contributed by atoms with Crippen LogP contribution in [0.2, 0.25) is 5.02 Å². The number of halogens is 1. The fraction of sp³-hybridized carbons (Fsp3) is 0.292. The molecular formula is C24H26ClN3O4S. The molecule has 2 N–H and O–H groups in total. The average Bonchev–Trinajstić information content (AvgIpc) is 3.36. The number of rotatable bonds is 8. The molecule has 0 unspecified atom stereocenters. The van der Waals surface area contributed by atoms with Crippen molar-refractivity contribution >= 4 is 33.2 Å². The molecule has 0 spiro atoms. The second-order valence-electron chi connectivity index (χ2n) is 7.95. The zero-order valence-electron chi connectivity index (χ0n) is 18.0. The molecule has 3 aromatic rings. The van der Waals surface area contributed by atoms with Crippen LogP contribution in [0, 0.1) is 0 Å². The molecule has 0 aliphatic carbocycles. The Morgan fingerprint density at radius 2 is 1.82 bits per heavy atom. The van der Waals surface area contributed by atoms with Crippen LogP contribution in [-0.2, 0) is 10.0 Å². The van der Waals surface area contributed by atoms with Crippen LogP contribution in [0.3, 0.4) is 0 Å². The molecule has 2 aromatic carbocycles. The predicted molar refractivity (Wildman–Crippen MR) is 128 cm³/mol. The van der Waals surface area contributed by atoms with Crippen LogP contribution in [-0.4, -0.2) is 38.9 Å². The van der Waals surface area contributed by atoms with Gasteiger partial charge in [-0.05, 0) is 68.4 Å². The van der Waals surface area contributed by atoms with E-state index < -0.39 is 10.0 Å². The lowest BCUT2D eigenvalue weighted by molar-refractivity contribution is 0.0914. The smallest absolute Gasteiger partial charge is 0.261 e. The summed E-state index contributed by atoms with van der Waals surface area (Å²) in [6.45, 7) is 2.26. The summed E-state index contributed by atoms with van der Waals surface area (Å²) in [5.41, 5.74) is 0.533. The van der Waals surface area contributed by atoms with E-state index in [9.17, 15) is 13.2 Å². The first-order valence-electron chi connectivity index (χ1n) is 10.9. The number of amides is 1. The summed E-state index contributed by atoms with van der Waals surface area (Å²) in [5.74, 6) is 0.454. The van der Waals surface area contributed by atoms with Gasteiger partial charge in [0, 0.05) is 12.1 Å². The lowest BCUT2D eigenvalue weighted by atomic mass is 10.1. The molecule has 4 rings (SSSR count). The number of hydrogen-bond acceptors (Lipinski definition) is 5. The van der Waals surface area contributed by atoms with E-state index in [-0.39, 0.29) is 33.1 Å². The number of piperidine rings is 1. The van der Waals surface area contributed by atoms with Crippen LogP contribution in [0.4, 0.5) is 5.69 Å². The normalized spacial score (nSPS) is 15.7. The third kappa shape index (κ3) is 5.76. The molecule has 7 nitrogen and oxygen atoms in total. The summed E-state index contributed by atoms with van der Waals surface area (Å²) in [7, 11) is -3.91. The number of para-hydroxylation sites is 1. The maximum atomic E-state index is 12.9. The lowest BCUT2D eigenvalue weighted by Gasteiger charge is -2.33. The van der Waals surface area contributed by atoms with Crippen LogP contribution in [0.15, 0.2) is 76.2 Å². The minimum Gasteiger partial charge on any atom is -0.468 e. The van der Waals surface area contributed by atoms with E-state index in [0.717, 1.165) is 31.7 Å². The Balaban J connectivity index is 1.47. The predicted octanol–water partition coefficient (Wildman–Crippen LogP) is 4.69. The van der Waals surface area contributed by atoms with Gasteiger partial charge in [-0.15, -0.1) is 0 Å². The molecule has 33 heavy (non-hydrogen) atoms.